The summed E-state index contributed by atoms with van der Waals surface area (Å²) in [7, 11) is 3.81. The second-order valence-electron chi connectivity index (χ2n) is 16.6. The minimum atomic E-state index is -1.18. The van der Waals surface area contributed by atoms with Gasteiger partial charge in [-0.3, -0.25) is 14.6 Å². The zero-order valence-electron chi connectivity index (χ0n) is 34.1. The molecule has 3 aliphatic rings. The van der Waals surface area contributed by atoms with E-state index < -0.39 is 71.5 Å². The van der Waals surface area contributed by atoms with E-state index in [1.807, 2.05) is 89.3 Å². The predicted octanol–water partition coefficient (Wildman–Crippen LogP) is 5.13. The van der Waals surface area contributed by atoms with Crippen LogP contribution in [0.2, 0.25) is 0 Å². The molecule has 4 heterocycles. The van der Waals surface area contributed by atoms with Crippen molar-refractivity contribution in [1.82, 2.24) is 20.5 Å². The number of aliphatic hydroxyl groups excluding tert-OH is 1. The first-order valence-corrected chi connectivity index (χ1v) is 19.7. The molecule has 2 unspecified atom stereocenters. The molecule has 13 nitrogen and oxygen atoms in total. The second kappa shape index (κ2) is 17.8. The normalized spacial score (nSPS) is 38.3. The van der Waals surface area contributed by atoms with E-state index in [2.05, 4.69) is 28.6 Å². The van der Waals surface area contributed by atoms with E-state index in [-0.39, 0.29) is 32.1 Å². The molecule has 3 fully saturated rings. The van der Waals surface area contributed by atoms with Crippen LogP contribution in [-0.4, -0.2) is 120 Å². The number of pyridine rings is 1. The highest BCUT2D eigenvalue weighted by molar-refractivity contribution is 6.00. The van der Waals surface area contributed by atoms with Crippen molar-refractivity contribution in [2.45, 2.75) is 135 Å². The van der Waals surface area contributed by atoms with Crippen molar-refractivity contribution in [3.05, 3.63) is 48.2 Å². The monoisotopic (exact) mass is 768 g/mol. The summed E-state index contributed by atoms with van der Waals surface area (Å²) in [5.74, 6) is -3.25. The molecular weight excluding hydrogens is 704 g/mol. The number of nitrogens with zero attached hydrogens (tertiary/aromatic N) is 2. The van der Waals surface area contributed by atoms with Crippen LogP contribution in [-0.2, 0) is 33.3 Å². The Hall–Kier alpha value is -3.46. The van der Waals surface area contributed by atoms with Crippen LogP contribution in [0.4, 0.5) is 4.79 Å². The van der Waals surface area contributed by atoms with Crippen LogP contribution in [0.25, 0.3) is 17.0 Å². The van der Waals surface area contributed by atoms with Gasteiger partial charge in [-0.15, -0.1) is 0 Å². The summed E-state index contributed by atoms with van der Waals surface area (Å²) >= 11 is 0. The van der Waals surface area contributed by atoms with E-state index in [9.17, 15) is 19.5 Å². The number of alkyl carbamates (subject to hydrolysis) is 1. The molecule has 55 heavy (non-hydrogen) atoms. The molecule has 0 aliphatic carbocycles. The van der Waals surface area contributed by atoms with Crippen LogP contribution in [0.15, 0.2) is 42.6 Å². The van der Waals surface area contributed by atoms with Crippen molar-refractivity contribution < 1.29 is 44.6 Å². The van der Waals surface area contributed by atoms with Crippen molar-refractivity contribution in [2.75, 3.05) is 27.2 Å². The van der Waals surface area contributed by atoms with Crippen LogP contribution in [0.5, 0.6) is 0 Å². The SMILES string of the molecule is CC[C@H]1OC(=O)[C@H](C)C(=O)[C@H](C)[C@@H](O[C@@H]2O[C@H](C)CC(N(C)C)C2O)[C@](C)(OC/C=C/c2cnc3ccccc3c2)C[C@@H](C)CN[C@H](C)[C@H]2NC(=O)O[C@@]21C.[HH]. The molecule has 13 atom stereocenters. The Kier molecular flexibility index (Phi) is 13.8. The molecule has 3 N–H and O–H groups in total. The van der Waals surface area contributed by atoms with Crippen LogP contribution in [0.1, 0.15) is 81.6 Å². The number of carbonyl (C=O) groups excluding carboxylic acids is 3. The molecule has 5 rings (SSSR count). The van der Waals surface area contributed by atoms with Crippen molar-refractivity contribution in [1.29, 1.82) is 0 Å². The highest BCUT2D eigenvalue weighted by atomic mass is 16.7. The first-order valence-electron chi connectivity index (χ1n) is 19.7. The van der Waals surface area contributed by atoms with Gasteiger partial charge < -0.3 is 44.3 Å². The summed E-state index contributed by atoms with van der Waals surface area (Å²) < 4.78 is 31.7. The standard InChI is InChI=1S/C42H62N4O9.H2/c1-11-33-42(8)36(45-40(50)55-42)28(6)43-22-24(2)21-41(7,51-18-14-15-29-20-30-16-12-13-17-31(30)44-23-29)37(26(4)34(47)27(5)38(49)53-33)54-39-35(48)32(46(9)10)19-25(3)52-39;/h12-17,20,23-28,32-33,35-37,39,43,48H,11,18-19,21-22H2,1-10H3,(H,45,50);1H/b15-14+;/t24-,25-,26+,27-,28-,32?,33-,35?,36-,37-,39+,41-,42-;/m1./s1. The number of likely N-dealkylation sites (N-methyl/N-ethyl adjacent to an activating group) is 1. The zero-order valence-corrected chi connectivity index (χ0v) is 34.1. The topological polar surface area (TPSA) is 158 Å². The third-order valence-corrected chi connectivity index (χ3v) is 11.8. The summed E-state index contributed by atoms with van der Waals surface area (Å²) in [4.78, 5) is 47.5. The number of amides is 1. The number of cyclic esters (lactones) is 1. The highest BCUT2D eigenvalue weighted by Crippen LogP contribution is 2.38. The number of ether oxygens (including phenoxy) is 5. The Labute approximate surface area is 327 Å². The lowest BCUT2D eigenvalue weighted by Gasteiger charge is -2.47. The number of para-hydroxylation sites is 1. The van der Waals surface area contributed by atoms with E-state index in [1.165, 1.54) is 6.92 Å². The number of hydrogen-bond acceptors (Lipinski definition) is 12. The van der Waals surface area contributed by atoms with Gasteiger partial charge in [-0.25, -0.2) is 4.79 Å². The fourth-order valence-electron chi connectivity index (χ4n) is 8.68. The molecule has 1 aromatic carbocycles. The van der Waals surface area contributed by atoms with Crippen molar-refractivity contribution in [2.24, 2.45) is 17.8 Å². The summed E-state index contributed by atoms with van der Waals surface area (Å²) in [5.41, 5.74) is -0.496. The number of benzene rings is 1. The zero-order chi connectivity index (χ0) is 40.2. The lowest BCUT2D eigenvalue weighted by Crippen LogP contribution is -2.60. The first kappa shape index (κ1) is 42.7. The van der Waals surface area contributed by atoms with Gasteiger partial charge in [0.2, 0.25) is 0 Å². The molecule has 1 amide bonds. The molecule has 0 spiro atoms. The number of nitrogens with one attached hydrogen (secondary N) is 2. The van der Waals surface area contributed by atoms with E-state index in [4.69, 9.17) is 23.7 Å². The lowest BCUT2D eigenvalue weighted by molar-refractivity contribution is -0.296. The minimum Gasteiger partial charge on any atom is -0.458 e. The maximum Gasteiger partial charge on any atom is 0.408 e. The lowest BCUT2D eigenvalue weighted by atomic mass is 9.78. The molecule has 2 aromatic rings. The molecule has 0 bridgehead atoms. The molecule has 1 aromatic heterocycles. The van der Waals surface area contributed by atoms with Gasteiger partial charge >= 0.3 is 12.1 Å². The Balaban J connectivity index is 0.00000696. The number of esters is 1. The Morgan fingerprint density at radius 2 is 1.84 bits per heavy atom. The average molecular weight is 769 g/mol. The van der Waals surface area contributed by atoms with Crippen LogP contribution in [0, 0.1) is 17.8 Å². The predicted molar refractivity (Wildman–Crippen MR) is 211 cm³/mol. The number of ketones is 1. The van der Waals surface area contributed by atoms with Gasteiger partial charge in [-0.2, -0.15) is 0 Å². The van der Waals surface area contributed by atoms with Gasteiger partial charge in [-0.05, 0) is 98.1 Å². The molecule has 3 aliphatic heterocycles. The average Bonchev–Trinajstić information content (AvgIpc) is 3.47. The van der Waals surface area contributed by atoms with Gasteiger partial charge in [0.25, 0.3) is 0 Å². The summed E-state index contributed by atoms with van der Waals surface area (Å²) in [5, 5.41) is 19.1. The number of aliphatic hydroxyl groups is 1. The molecule has 0 saturated carbocycles. The van der Waals surface area contributed by atoms with Crippen molar-refractivity contribution in [3.63, 3.8) is 0 Å². The fourth-order valence-corrected chi connectivity index (χ4v) is 8.68. The van der Waals surface area contributed by atoms with Crippen LogP contribution >= 0.6 is 0 Å². The van der Waals surface area contributed by atoms with E-state index in [0.29, 0.717) is 25.8 Å². The number of hydrogen-bond donors (Lipinski definition) is 3. The van der Waals surface area contributed by atoms with E-state index in [1.54, 1.807) is 13.8 Å². The van der Waals surface area contributed by atoms with Crippen LogP contribution in [0.3, 0.4) is 0 Å². The van der Waals surface area contributed by atoms with Crippen LogP contribution < -0.4 is 10.6 Å². The number of rotatable bonds is 8. The summed E-state index contributed by atoms with van der Waals surface area (Å²) in [6.07, 6.45) is 2.37. The molecule has 0 radical (unpaired) electrons. The van der Waals surface area contributed by atoms with E-state index >= 15 is 0 Å². The second-order valence-corrected chi connectivity index (χ2v) is 16.6. The van der Waals surface area contributed by atoms with Gasteiger partial charge in [-0.1, -0.05) is 51.1 Å². The van der Waals surface area contributed by atoms with E-state index in [0.717, 1.165) is 16.5 Å². The Bertz CT molecular complexity index is 1700. The Morgan fingerprint density at radius 3 is 2.55 bits per heavy atom. The number of aromatic nitrogens is 1. The molecule has 13 heteroatoms. The summed E-state index contributed by atoms with van der Waals surface area (Å²) in [6.45, 7) is 15.5. The third-order valence-electron chi connectivity index (χ3n) is 11.8. The number of fused-ring (bicyclic) bond motifs is 2. The van der Waals surface area contributed by atoms with Crippen molar-refractivity contribution in [3.8, 4) is 0 Å². The maximum atomic E-state index is 14.5. The van der Waals surface area contributed by atoms with Gasteiger partial charge in [0.15, 0.2) is 17.7 Å². The number of carbonyl (C=O) groups is 3. The molecule has 3 saturated heterocycles. The van der Waals surface area contributed by atoms with Gasteiger partial charge in [0.05, 0.1) is 36.0 Å². The Morgan fingerprint density at radius 1 is 1.11 bits per heavy atom. The smallest absolute Gasteiger partial charge is 0.408 e. The number of Topliss-reactive ketones (excluding diaryl/α,β-unsaturated/α-hetero) is 1. The molecule has 306 valence electrons. The summed E-state index contributed by atoms with van der Waals surface area (Å²) in [6, 6.07) is 8.92. The quantitative estimate of drug-likeness (QED) is 0.241. The minimum absolute atomic E-state index is 0. The van der Waals surface area contributed by atoms with Crippen molar-refractivity contribution >= 4 is 34.8 Å². The van der Waals surface area contributed by atoms with Gasteiger partial charge in [0.1, 0.15) is 18.1 Å². The third kappa shape index (κ3) is 9.57. The van der Waals surface area contributed by atoms with Gasteiger partial charge in [0, 0.05) is 31.0 Å². The molecular formula is C42H64N4O9. The first-order chi connectivity index (χ1) is 26.0. The largest absolute Gasteiger partial charge is 0.458 e. The maximum absolute atomic E-state index is 14.5. The highest BCUT2D eigenvalue weighted by Gasteiger charge is 2.55. The fraction of sp³-hybridized carbons (Fsp3) is 0.667.